The first-order valence-corrected chi connectivity index (χ1v) is 26.1. The van der Waals surface area contributed by atoms with Gasteiger partial charge >= 0.3 is 0 Å². The number of hydrogen-bond acceptors (Lipinski definition) is 2. The molecule has 346 valence electrons. The number of rotatable bonds is 4. The fraction of sp³-hybridized carbons (Fsp3) is 0.0137. The zero-order valence-electron chi connectivity index (χ0n) is 40.7. The van der Waals surface area contributed by atoms with Crippen LogP contribution in [0, 0.1) is 0 Å². The van der Waals surface area contributed by atoms with E-state index in [1.165, 1.54) is 109 Å². The minimum atomic E-state index is -0.556. The maximum Gasteiger partial charge on any atom is 0.135 e. The lowest BCUT2D eigenvalue weighted by Gasteiger charge is -2.33. The number of para-hydroxylation sites is 1. The molecule has 14 aromatic carbocycles. The molecule has 15 aromatic rings. The summed E-state index contributed by atoms with van der Waals surface area (Å²) in [5.41, 5.74) is 17.1. The van der Waals surface area contributed by atoms with Crippen LogP contribution in [-0.2, 0) is 5.41 Å². The Balaban J connectivity index is 1.04. The van der Waals surface area contributed by atoms with Crippen molar-refractivity contribution in [3.05, 3.63) is 283 Å². The number of nitrogens with zero attached hydrogens (tertiary/aromatic N) is 1. The number of hydrogen-bond donors (Lipinski definition) is 0. The summed E-state index contributed by atoms with van der Waals surface area (Å²) in [6, 6.07) is 97.7. The minimum absolute atomic E-state index is 0.556. The van der Waals surface area contributed by atoms with Gasteiger partial charge in [0.1, 0.15) is 11.2 Å². The zero-order chi connectivity index (χ0) is 48.9. The molecular weight excluding hydrogens is 907 g/mol. The number of fused-ring (bicyclic) bond motifs is 25. The average Bonchev–Trinajstić information content (AvgIpc) is 4.30. The van der Waals surface area contributed by atoms with Gasteiger partial charge in [0.25, 0.3) is 0 Å². The summed E-state index contributed by atoms with van der Waals surface area (Å²) in [5, 5.41) is 17.2. The molecule has 0 atom stereocenters. The fourth-order valence-corrected chi connectivity index (χ4v) is 13.9. The van der Waals surface area contributed by atoms with Crippen molar-refractivity contribution in [3.63, 3.8) is 0 Å². The van der Waals surface area contributed by atoms with E-state index in [1.54, 1.807) is 0 Å². The second-order valence-electron chi connectivity index (χ2n) is 20.6. The van der Waals surface area contributed by atoms with Crippen LogP contribution < -0.4 is 4.90 Å². The Hall–Kier alpha value is -9.76. The topological polar surface area (TPSA) is 16.4 Å². The van der Waals surface area contributed by atoms with Gasteiger partial charge in [-0.3, -0.25) is 0 Å². The number of anilines is 3. The normalized spacial score (nSPS) is 13.2. The van der Waals surface area contributed by atoms with Crippen molar-refractivity contribution < 1.29 is 4.42 Å². The van der Waals surface area contributed by atoms with Crippen molar-refractivity contribution in [2.75, 3.05) is 4.90 Å². The molecule has 17 rings (SSSR count). The summed E-state index contributed by atoms with van der Waals surface area (Å²) in [5.74, 6) is 0. The summed E-state index contributed by atoms with van der Waals surface area (Å²) in [4.78, 5) is 2.57. The van der Waals surface area contributed by atoms with E-state index in [0.717, 1.165) is 50.1 Å². The van der Waals surface area contributed by atoms with Crippen molar-refractivity contribution in [2.24, 2.45) is 0 Å². The molecule has 1 spiro atoms. The lowest BCUT2D eigenvalue weighted by molar-refractivity contribution is 0.669. The quantitative estimate of drug-likeness (QED) is 0.164. The van der Waals surface area contributed by atoms with Gasteiger partial charge in [-0.25, -0.2) is 0 Å². The summed E-state index contributed by atoms with van der Waals surface area (Å²) >= 11 is 0. The van der Waals surface area contributed by atoms with Gasteiger partial charge < -0.3 is 9.32 Å². The van der Waals surface area contributed by atoms with E-state index in [1.807, 2.05) is 0 Å². The Labute approximate surface area is 432 Å². The van der Waals surface area contributed by atoms with Crippen molar-refractivity contribution in [3.8, 4) is 33.4 Å². The Morgan fingerprint density at radius 3 is 1.12 bits per heavy atom. The van der Waals surface area contributed by atoms with Crippen LogP contribution in [0.3, 0.4) is 0 Å². The highest BCUT2D eigenvalue weighted by atomic mass is 16.3. The Morgan fingerprint density at radius 1 is 0.240 bits per heavy atom. The molecule has 0 amide bonds. The molecule has 0 fully saturated rings. The second-order valence-corrected chi connectivity index (χ2v) is 20.6. The zero-order valence-corrected chi connectivity index (χ0v) is 40.7. The van der Waals surface area contributed by atoms with Crippen molar-refractivity contribution in [1.82, 2.24) is 0 Å². The predicted octanol–water partition coefficient (Wildman–Crippen LogP) is 20.0. The SMILES string of the molecule is c1ccc2c(c1)-c1ccccc1C21c2ccccc2-c2cc(-c3ccc4oc5ccccc5c4c3)c(N(c3ccc4c5ccccc5c5ccccc5c4c3)c3ccc4c5ccccc5c5ccccc5c4c3)cc21. The third-order valence-corrected chi connectivity index (χ3v) is 17.0. The molecule has 0 unspecified atom stereocenters. The van der Waals surface area contributed by atoms with Crippen molar-refractivity contribution >= 4 is 104 Å². The predicted molar refractivity (Wildman–Crippen MR) is 315 cm³/mol. The van der Waals surface area contributed by atoms with Crippen LogP contribution in [0.5, 0.6) is 0 Å². The van der Waals surface area contributed by atoms with Crippen LogP contribution in [0.4, 0.5) is 17.1 Å². The van der Waals surface area contributed by atoms with Crippen LogP contribution in [0.1, 0.15) is 22.3 Å². The van der Waals surface area contributed by atoms with Gasteiger partial charge in [-0.1, -0.05) is 206 Å². The summed E-state index contributed by atoms with van der Waals surface area (Å²) in [6.07, 6.45) is 0. The maximum absolute atomic E-state index is 6.51. The van der Waals surface area contributed by atoms with Gasteiger partial charge in [0.15, 0.2) is 0 Å². The van der Waals surface area contributed by atoms with Gasteiger partial charge in [-0.2, -0.15) is 0 Å². The van der Waals surface area contributed by atoms with E-state index >= 15 is 0 Å². The highest BCUT2D eigenvalue weighted by molar-refractivity contribution is 6.27. The van der Waals surface area contributed by atoms with Crippen LogP contribution in [0.15, 0.2) is 265 Å². The molecule has 2 heteroatoms. The van der Waals surface area contributed by atoms with Gasteiger partial charge in [-0.05, 0) is 169 Å². The summed E-state index contributed by atoms with van der Waals surface area (Å²) in [7, 11) is 0. The van der Waals surface area contributed by atoms with Crippen LogP contribution >= 0.6 is 0 Å². The third kappa shape index (κ3) is 5.47. The first-order valence-electron chi connectivity index (χ1n) is 26.1. The first kappa shape index (κ1) is 40.8. The van der Waals surface area contributed by atoms with E-state index in [-0.39, 0.29) is 0 Å². The summed E-state index contributed by atoms with van der Waals surface area (Å²) in [6.45, 7) is 0. The second kappa shape index (κ2) is 15.1. The van der Waals surface area contributed by atoms with Crippen LogP contribution in [0.25, 0.3) is 120 Å². The van der Waals surface area contributed by atoms with E-state index in [2.05, 4.69) is 266 Å². The average molecular weight is 950 g/mol. The lowest BCUT2D eigenvalue weighted by Crippen LogP contribution is -2.26. The van der Waals surface area contributed by atoms with E-state index in [9.17, 15) is 0 Å². The standard InChI is InChI=1S/C73H43NO/c1-3-21-51-47(17-1)49-19-5-7-23-53(49)62-40-45(34-36-55(51)62)74(46-35-37-56-52-22-4-2-18-48(52)50-20-6-8-24-54(50)63(56)41-46)70-43-69-64(42-61(70)44-33-38-72-65(39-44)60-28-12-16-32-71(60)75-72)59-27-11-15-31-68(59)73(69)66-29-13-9-25-57(66)58-26-10-14-30-67(58)73/h1-43H. The third-order valence-electron chi connectivity index (χ3n) is 17.0. The number of benzene rings is 14. The van der Waals surface area contributed by atoms with Gasteiger partial charge in [0, 0.05) is 27.7 Å². The van der Waals surface area contributed by atoms with Gasteiger partial charge in [-0.15, -0.1) is 0 Å². The maximum atomic E-state index is 6.51. The van der Waals surface area contributed by atoms with Crippen LogP contribution in [-0.4, -0.2) is 0 Å². The molecule has 75 heavy (non-hydrogen) atoms. The van der Waals surface area contributed by atoms with Gasteiger partial charge in [0.2, 0.25) is 0 Å². The summed E-state index contributed by atoms with van der Waals surface area (Å²) < 4.78 is 6.51. The molecule has 0 bridgehead atoms. The van der Waals surface area contributed by atoms with Gasteiger partial charge in [0.05, 0.1) is 11.1 Å². The van der Waals surface area contributed by atoms with E-state index in [4.69, 9.17) is 4.42 Å². The molecule has 0 radical (unpaired) electrons. The molecule has 0 N–H and O–H groups in total. The molecule has 2 aliphatic rings. The smallest absolute Gasteiger partial charge is 0.135 e. The molecule has 0 saturated carbocycles. The van der Waals surface area contributed by atoms with Crippen molar-refractivity contribution in [2.45, 2.75) is 5.41 Å². The Kier molecular flexibility index (Phi) is 8.24. The largest absolute Gasteiger partial charge is 0.456 e. The molecular formula is C73H43NO. The fourth-order valence-electron chi connectivity index (χ4n) is 13.9. The Morgan fingerprint density at radius 2 is 0.627 bits per heavy atom. The van der Waals surface area contributed by atoms with E-state index < -0.39 is 5.41 Å². The monoisotopic (exact) mass is 949 g/mol. The molecule has 2 aliphatic carbocycles. The van der Waals surface area contributed by atoms with E-state index in [0.29, 0.717) is 0 Å². The van der Waals surface area contributed by atoms with Crippen molar-refractivity contribution in [1.29, 1.82) is 0 Å². The minimum Gasteiger partial charge on any atom is -0.456 e. The molecule has 0 aliphatic heterocycles. The molecule has 1 aromatic heterocycles. The molecule has 1 heterocycles. The first-order chi connectivity index (χ1) is 37.2. The Bertz CT molecular complexity index is 4700. The lowest BCUT2D eigenvalue weighted by atomic mass is 9.70. The van der Waals surface area contributed by atoms with Crippen LogP contribution in [0.2, 0.25) is 0 Å². The molecule has 2 nitrogen and oxygen atoms in total. The highest BCUT2D eigenvalue weighted by Crippen LogP contribution is 2.64. The molecule has 0 saturated heterocycles. The number of furan rings is 1. The highest BCUT2D eigenvalue weighted by Gasteiger charge is 2.52.